The third-order valence-electron chi connectivity index (χ3n) is 3.70. The van der Waals surface area contributed by atoms with E-state index in [1.54, 1.807) is 0 Å². The number of hydrogen-bond acceptors (Lipinski definition) is 2. The van der Waals surface area contributed by atoms with E-state index in [1.165, 1.54) is 19.3 Å². The van der Waals surface area contributed by atoms with Gasteiger partial charge in [0.15, 0.2) is 0 Å². The predicted molar refractivity (Wildman–Crippen MR) is 73.6 cm³/mol. The van der Waals surface area contributed by atoms with E-state index in [1.807, 2.05) is 0 Å². The molecule has 0 saturated carbocycles. The average Bonchev–Trinajstić information content (AvgIpc) is 2.08. The maximum Gasteiger partial charge on any atom is 0.0161 e. The lowest BCUT2D eigenvalue weighted by atomic mass is 9.75. The summed E-state index contributed by atoms with van der Waals surface area (Å²) in [4.78, 5) is 0. The molecule has 0 saturated heterocycles. The lowest BCUT2D eigenvalue weighted by Gasteiger charge is -2.38. The van der Waals surface area contributed by atoms with Gasteiger partial charge in [-0.05, 0) is 38.1 Å². The van der Waals surface area contributed by atoms with Crippen LogP contribution in [0.4, 0.5) is 0 Å². The van der Waals surface area contributed by atoms with Crippen molar-refractivity contribution in [1.82, 2.24) is 5.32 Å². The molecule has 0 atom stereocenters. The van der Waals surface area contributed by atoms with Crippen LogP contribution in [0.1, 0.15) is 60.8 Å². The van der Waals surface area contributed by atoms with Crippen LogP contribution in [0.3, 0.4) is 0 Å². The number of nitrogens with one attached hydrogen (secondary N) is 1. The summed E-state index contributed by atoms with van der Waals surface area (Å²) < 4.78 is 0. The fourth-order valence-corrected chi connectivity index (χ4v) is 1.43. The van der Waals surface area contributed by atoms with E-state index in [9.17, 15) is 0 Å². The van der Waals surface area contributed by atoms with Gasteiger partial charge in [-0.25, -0.2) is 0 Å². The summed E-state index contributed by atoms with van der Waals surface area (Å²) in [7, 11) is 0. The number of rotatable bonds is 8. The Morgan fingerprint density at radius 1 is 1.06 bits per heavy atom. The molecule has 0 amide bonds. The fraction of sp³-hybridized carbons (Fsp3) is 1.00. The quantitative estimate of drug-likeness (QED) is 0.626. The van der Waals surface area contributed by atoms with Crippen LogP contribution >= 0.6 is 0 Å². The molecule has 3 N–H and O–H groups in total. The lowest BCUT2D eigenvalue weighted by Crippen LogP contribution is -2.52. The van der Waals surface area contributed by atoms with E-state index in [2.05, 4.69) is 46.9 Å². The topological polar surface area (TPSA) is 38.0 Å². The summed E-state index contributed by atoms with van der Waals surface area (Å²) in [5.74, 6) is 0.833. The largest absolute Gasteiger partial charge is 0.325 e. The molecule has 0 spiro atoms. The second-order valence-corrected chi connectivity index (χ2v) is 6.67. The highest BCUT2D eigenvalue weighted by molar-refractivity contribution is 4.91. The Labute approximate surface area is 102 Å². The standard InChI is InChI=1S/C14H32N2/c1-12(2)9-7-8-10-16-11-13(3,4)14(5,6)15/h12,16H,7-11,15H2,1-6H3. The Balaban J connectivity index is 3.59. The molecule has 0 aromatic heterocycles. The first kappa shape index (κ1) is 15.9. The highest BCUT2D eigenvalue weighted by Crippen LogP contribution is 2.26. The molecule has 0 aromatic carbocycles. The van der Waals surface area contributed by atoms with Gasteiger partial charge in [0.05, 0.1) is 0 Å². The van der Waals surface area contributed by atoms with Crippen molar-refractivity contribution in [1.29, 1.82) is 0 Å². The maximum absolute atomic E-state index is 6.15. The molecule has 0 aliphatic rings. The third kappa shape index (κ3) is 6.49. The van der Waals surface area contributed by atoms with Crippen LogP contribution in [0.5, 0.6) is 0 Å². The molecule has 0 unspecified atom stereocenters. The van der Waals surface area contributed by atoms with Gasteiger partial charge in [0.1, 0.15) is 0 Å². The molecule has 0 aromatic rings. The van der Waals surface area contributed by atoms with Crippen molar-refractivity contribution in [3.05, 3.63) is 0 Å². The van der Waals surface area contributed by atoms with Crippen molar-refractivity contribution in [2.45, 2.75) is 66.3 Å². The van der Waals surface area contributed by atoms with E-state index >= 15 is 0 Å². The Hall–Kier alpha value is -0.0800. The first-order valence-electron chi connectivity index (χ1n) is 6.66. The van der Waals surface area contributed by atoms with Crippen LogP contribution in [0.15, 0.2) is 0 Å². The van der Waals surface area contributed by atoms with Gasteiger partial charge in [-0.15, -0.1) is 0 Å². The maximum atomic E-state index is 6.15. The van der Waals surface area contributed by atoms with Crippen molar-refractivity contribution in [3.63, 3.8) is 0 Å². The number of hydrogen-bond donors (Lipinski definition) is 2. The molecule has 0 aliphatic heterocycles. The van der Waals surface area contributed by atoms with E-state index in [-0.39, 0.29) is 11.0 Å². The second kappa shape index (κ2) is 6.61. The molecule has 2 nitrogen and oxygen atoms in total. The monoisotopic (exact) mass is 228 g/mol. The van der Waals surface area contributed by atoms with Crippen molar-refractivity contribution in [3.8, 4) is 0 Å². The first-order valence-corrected chi connectivity index (χ1v) is 6.66. The van der Waals surface area contributed by atoms with Crippen LogP contribution in [0.25, 0.3) is 0 Å². The van der Waals surface area contributed by atoms with Crippen LogP contribution in [-0.2, 0) is 0 Å². The van der Waals surface area contributed by atoms with Gasteiger partial charge in [-0.2, -0.15) is 0 Å². The normalized spacial score (nSPS) is 13.5. The zero-order chi connectivity index (χ0) is 12.8. The van der Waals surface area contributed by atoms with E-state index < -0.39 is 0 Å². The van der Waals surface area contributed by atoms with Gasteiger partial charge in [-0.3, -0.25) is 0 Å². The highest BCUT2D eigenvalue weighted by atomic mass is 14.9. The Morgan fingerprint density at radius 3 is 2.06 bits per heavy atom. The zero-order valence-corrected chi connectivity index (χ0v) is 12.2. The Morgan fingerprint density at radius 2 is 1.62 bits per heavy atom. The van der Waals surface area contributed by atoms with E-state index in [0.29, 0.717) is 0 Å². The minimum Gasteiger partial charge on any atom is -0.325 e. The first-order chi connectivity index (χ1) is 7.17. The Bertz CT molecular complexity index is 178. The van der Waals surface area contributed by atoms with Crippen molar-refractivity contribution < 1.29 is 0 Å². The SMILES string of the molecule is CC(C)CCCCNCC(C)(C)C(C)(C)N. The molecule has 0 heterocycles. The number of unbranched alkanes of at least 4 members (excludes halogenated alkanes) is 1. The van der Waals surface area contributed by atoms with E-state index in [0.717, 1.165) is 19.0 Å². The summed E-state index contributed by atoms with van der Waals surface area (Å²) in [6, 6.07) is 0. The van der Waals surface area contributed by atoms with Crippen LogP contribution < -0.4 is 11.1 Å². The van der Waals surface area contributed by atoms with Crippen molar-refractivity contribution in [2.75, 3.05) is 13.1 Å². The average molecular weight is 228 g/mol. The summed E-state index contributed by atoms with van der Waals surface area (Å²) in [5, 5.41) is 3.53. The van der Waals surface area contributed by atoms with Gasteiger partial charge >= 0.3 is 0 Å². The van der Waals surface area contributed by atoms with Crippen LogP contribution in [0, 0.1) is 11.3 Å². The third-order valence-corrected chi connectivity index (χ3v) is 3.70. The van der Waals surface area contributed by atoms with Crippen molar-refractivity contribution in [2.24, 2.45) is 17.1 Å². The van der Waals surface area contributed by atoms with E-state index in [4.69, 9.17) is 5.73 Å². The summed E-state index contributed by atoms with van der Waals surface area (Å²) in [6.07, 6.45) is 3.95. The molecule has 16 heavy (non-hydrogen) atoms. The minimum atomic E-state index is -0.127. The molecule has 0 aliphatic carbocycles. The number of nitrogens with two attached hydrogens (primary N) is 1. The highest BCUT2D eigenvalue weighted by Gasteiger charge is 2.32. The van der Waals surface area contributed by atoms with Crippen molar-refractivity contribution >= 4 is 0 Å². The summed E-state index contributed by atoms with van der Waals surface area (Å²) in [6.45, 7) is 15.4. The van der Waals surface area contributed by atoms with Gasteiger partial charge in [0.25, 0.3) is 0 Å². The molecule has 2 heteroatoms. The molecule has 0 fully saturated rings. The zero-order valence-electron chi connectivity index (χ0n) is 12.2. The summed E-state index contributed by atoms with van der Waals surface area (Å²) in [5.41, 5.74) is 6.17. The molecule has 0 radical (unpaired) electrons. The smallest absolute Gasteiger partial charge is 0.0161 e. The molecular formula is C14H32N2. The van der Waals surface area contributed by atoms with Gasteiger partial charge in [0, 0.05) is 12.1 Å². The lowest BCUT2D eigenvalue weighted by molar-refractivity contribution is 0.195. The van der Waals surface area contributed by atoms with Crippen LogP contribution in [-0.4, -0.2) is 18.6 Å². The molecular weight excluding hydrogens is 196 g/mol. The van der Waals surface area contributed by atoms with Crippen LogP contribution in [0.2, 0.25) is 0 Å². The fourth-order valence-electron chi connectivity index (χ4n) is 1.43. The molecule has 98 valence electrons. The predicted octanol–water partition coefficient (Wildman–Crippen LogP) is 3.17. The van der Waals surface area contributed by atoms with Gasteiger partial charge < -0.3 is 11.1 Å². The summed E-state index contributed by atoms with van der Waals surface area (Å²) >= 11 is 0. The Kier molecular flexibility index (Phi) is 6.57. The minimum absolute atomic E-state index is 0.127. The van der Waals surface area contributed by atoms with Gasteiger partial charge in [0.2, 0.25) is 0 Å². The van der Waals surface area contributed by atoms with Gasteiger partial charge in [-0.1, -0.05) is 40.5 Å². The molecule has 0 rings (SSSR count). The molecule has 0 bridgehead atoms. The second-order valence-electron chi connectivity index (χ2n) is 6.67.